The van der Waals surface area contributed by atoms with Gasteiger partial charge in [-0.1, -0.05) is 60.3 Å². The largest absolute Gasteiger partial charge is 0.375 e. The molecule has 2 nitrogen and oxygen atoms in total. The molecule has 0 heterocycles. The van der Waals surface area contributed by atoms with Crippen molar-refractivity contribution in [3.05, 3.63) is 90.0 Å². The van der Waals surface area contributed by atoms with Crippen molar-refractivity contribution in [3.63, 3.8) is 0 Å². The summed E-state index contributed by atoms with van der Waals surface area (Å²) in [5.41, 5.74) is 2.44. The highest BCUT2D eigenvalue weighted by atomic mass is 32.2. The highest BCUT2D eigenvalue weighted by Gasteiger charge is 2.24. The van der Waals surface area contributed by atoms with Crippen LogP contribution in [0.3, 0.4) is 0 Å². The lowest BCUT2D eigenvalue weighted by Crippen LogP contribution is -2.23. The number of hydrogen-bond donors (Lipinski definition) is 1. The zero-order chi connectivity index (χ0) is 21.4. The summed E-state index contributed by atoms with van der Waals surface area (Å²) in [7, 11) is 2.11. The van der Waals surface area contributed by atoms with E-state index in [0.29, 0.717) is 0 Å². The first-order chi connectivity index (χ1) is 14.4. The van der Waals surface area contributed by atoms with Crippen LogP contribution in [-0.2, 0) is 12.5 Å². The van der Waals surface area contributed by atoms with E-state index in [2.05, 4.69) is 47.6 Å². The summed E-state index contributed by atoms with van der Waals surface area (Å²) in [6.07, 6.45) is 1.04. The smallest absolute Gasteiger partial charge is 0.270 e. The topological polar surface area (TPSA) is 15.3 Å². The molecule has 0 aromatic heterocycles. The van der Waals surface area contributed by atoms with Gasteiger partial charge in [0.25, 0.3) is 5.92 Å². The molecule has 30 heavy (non-hydrogen) atoms. The Morgan fingerprint density at radius 2 is 1.67 bits per heavy atom. The molecule has 1 N–H and O–H groups in total. The minimum absolute atomic E-state index is 0.0469. The minimum atomic E-state index is -2.83. The third kappa shape index (κ3) is 6.57. The van der Waals surface area contributed by atoms with Gasteiger partial charge in [-0.3, -0.25) is 0 Å². The molecular weight excluding hydrogens is 398 g/mol. The average molecular weight is 427 g/mol. The maximum Gasteiger partial charge on any atom is 0.270 e. The maximum atomic E-state index is 13.6. The van der Waals surface area contributed by atoms with Crippen molar-refractivity contribution in [2.45, 2.75) is 35.6 Å². The van der Waals surface area contributed by atoms with Crippen molar-refractivity contribution in [2.24, 2.45) is 0 Å². The van der Waals surface area contributed by atoms with Gasteiger partial charge >= 0.3 is 0 Å². The van der Waals surface area contributed by atoms with E-state index in [1.165, 1.54) is 29.1 Å². The fourth-order valence-corrected chi connectivity index (χ4v) is 4.19. The van der Waals surface area contributed by atoms with Crippen LogP contribution in [0.1, 0.15) is 24.5 Å². The van der Waals surface area contributed by atoms with Crippen LogP contribution in [0.4, 0.5) is 14.5 Å². The van der Waals surface area contributed by atoms with Gasteiger partial charge in [-0.2, -0.15) is 0 Å². The Kier molecular flexibility index (Phi) is 7.88. The Hall–Kier alpha value is -2.37. The van der Waals surface area contributed by atoms with Gasteiger partial charge in [0.15, 0.2) is 0 Å². The lowest BCUT2D eigenvalue weighted by Gasteiger charge is -2.19. The normalized spacial score (nSPS) is 11.5. The molecule has 158 valence electrons. The van der Waals surface area contributed by atoms with E-state index in [4.69, 9.17) is 0 Å². The van der Waals surface area contributed by atoms with Crippen LogP contribution in [0.25, 0.3) is 0 Å². The fraction of sp³-hybridized carbons (Fsp3) is 0.280. The van der Waals surface area contributed by atoms with Gasteiger partial charge in [-0.05, 0) is 48.9 Å². The molecule has 0 saturated carbocycles. The number of nitrogens with zero attached hydrogens (tertiary/aromatic N) is 1. The predicted molar refractivity (Wildman–Crippen MR) is 123 cm³/mol. The number of halogens is 2. The zero-order valence-corrected chi connectivity index (χ0v) is 18.3. The summed E-state index contributed by atoms with van der Waals surface area (Å²) >= 11 is 1.53. The van der Waals surface area contributed by atoms with Crippen molar-refractivity contribution >= 4 is 17.4 Å². The van der Waals surface area contributed by atoms with E-state index >= 15 is 0 Å². The van der Waals surface area contributed by atoms with Crippen LogP contribution in [0.5, 0.6) is 0 Å². The molecule has 0 radical (unpaired) electrons. The van der Waals surface area contributed by atoms with Gasteiger partial charge in [0.2, 0.25) is 0 Å². The number of alkyl halides is 2. The second kappa shape index (κ2) is 10.6. The SMILES string of the molecule is CN(CCCNCc1ccccc1Sc1cccc(C(C)(F)F)c1)c1ccccc1. The van der Waals surface area contributed by atoms with E-state index in [1.807, 2.05) is 30.3 Å². The molecule has 0 aliphatic heterocycles. The molecule has 0 unspecified atom stereocenters. The molecule has 0 amide bonds. The Balaban J connectivity index is 1.52. The number of hydrogen-bond acceptors (Lipinski definition) is 3. The van der Waals surface area contributed by atoms with Crippen LogP contribution < -0.4 is 10.2 Å². The van der Waals surface area contributed by atoms with E-state index in [1.54, 1.807) is 12.1 Å². The monoisotopic (exact) mass is 426 g/mol. The summed E-state index contributed by atoms with van der Waals surface area (Å²) < 4.78 is 27.3. The highest BCUT2D eigenvalue weighted by molar-refractivity contribution is 7.99. The minimum Gasteiger partial charge on any atom is -0.375 e. The van der Waals surface area contributed by atoms with Crippen molar-refractivity contribution in [1.82, 2.24) is 5.32 Å². The van der Waals surface area contributed by atoms with Crippen molar-refractivity contribution in [1.29, 1.82) is 0 Å². The second-order valence-electron chi connectivity index (χ2n) is 7.41. The van der Waals surface area contributed by atoms with Crippen LogP contribution in [0.2, 0.25) is 0 Å². The van der Waals surface area contributed by atoms with Crippen LogP contribution in [-0.4, -0.2) is 20.1 Å². The van der Waals surface area contributed by atoms with Crippen molar-refractivity contribution < 1.29 is 8.78 Å². The van der Waals surface area contributed by atoms with Gasteiger partial charge in [-0.15, -0.1) is 0 Å². The molecular formula is C25H28F2N2S. The van der Waals surface area contributed by atoms with E-state index in [9.17, 15) is 8.78 Å². The molecule has 0 aliphatic rings. The van der Waals surface area contributed by atoms with Crippen LogP contribution >= 0.6 is 11.8 Å². The third-order valence-electron chi connectivity index (χ3n) is 4.90. The summed E-state index contributed by atoms with van der Waals surface area (Å²) in [4.78, 5) is 4.16. The molecule has 3 rings (SSSR count). The number of benzene rings is 3. The fourth-order valence-electron chi connectivity index (χ4n) is 3.18. The first-order valence-electron chi connectivity index (χ1n) is 10.1. The molecule has 0 aliphatic carbocycles. The lowest BCUT2D eigenvalue weighted by molar-refractivity contribution is 0.0172. The summed E-state index contributed by atoms with van der Waals surface area (Å²) in [6.45, 7) is 3.57. The summed E-state index contributed by atoms with van der Waals surface area (Å²) in [6, 6.07) is 25.1. The van der Waals surface area contributed by atoms with E-state index in [0.717, 1.165) is 42.8 Å². The average Bonchev–Trinajstić information content (AvgIpc) is 2.75. The molecule has 3 aromatic carbocycles. The zero-order valence-electron chi connectivity index (χ0n) is 17.4. The van der Waals surface area contributed by atoms with Gasteiger partial charge in [0, 0.05) is 48.1 Å². The molecule has 0 spiro atoms. The molecule has 0 bridgehead atoms. The summed E-state index contributed by atoms with van der Waals surface area (Å²) in [5, 5.41) is 3.51. The number of anilines is 1. The number of rotatable bonds is 10. The number of nitrogens with one attached hydrogen (secondary N) is 1. The Morgan fingerprint density at radius 3 is 2.43 bits per heavy atom. The van der Waals surface area contributed by atoms with Gasteiger partial charge < -0.3 is 10.2 Å². The van der Waals surface area contributed by atoms with Gasteiger partial charge in [0.1, 0.15) is 0 Å². The van der Waals surface area contributed by atoms with Crippen molar-refractivity contribution in [2.75, 3.05) is 25.0 Å². The lowest BCUT2D eigenvalue weighted by atomic mass is 10.1. The first-order valence-corrected chi connectivity index (χ1v) is 11.0. The van der Waals surface area contributed by atoms with Crippen molar-refractivity contribution in [3.8, 4) is 0 Å². The second-order valence-corrected chi connectivity index (χ2v) is 8.53. The van der Waals surface area contributed by atoms with E-state index in [-0.39, 0.29) is 5.56 Å². The van der Waals surface area contributed by atoms with Crippen LogP contribution in [0, 0.1) is 0 Å². The molecule has 0 saturated heterocycles. The third-order valence-corrected chi connectivity index (χ3v) is 6.01. The van der Waals surface area contributed by atoms with Gasteiger partial charge in [0.05, 0.1) is 0 Å². The van der Waals surface area contributed by atoms with Gasteiger partial charge in [-0.25, -0.2) is 8.78 Å². The summed E-state index contributed by atoms with van der Waals surface area (Å²) in [5.74, 6) is -2.83. The standard InChI is InChI=1S/C25H28F2N2S/c1-25(26,27)21-11-8-14-23(18-21)30-24-15-7-6-10-20(24)19-28-16-9-17-29(2)22-12-4-3-5-13-22/h3-8,10-15,18,28H,9,16-17,19H2,1-2H3. The quantitative estimate of drug-likeness (QED) is 0.369. The van der Waals surface area contributed by atoms with E-state index < -0.39 is 5.92 Å². The Labute approximate surface area is 182 Å². The first kappa shape index (κ1) is 22.3. The number of para-hydroxylation sites is 1. The molecule has 3 aromatic rings. The Morgan fingerprint density at radius 1 is 0.933 bits per heavy atom. The molecule has 0 atom stereocenters. The Bertz CT molecular complexity index is 926. The van der Waals surface area contributed by atoms with Crippen LogP contribution in [0.15, 0.2) is 88.7 Å². The highest BCUT2D eigenvalue weighted by Crippen LogP contribution is 2.34. The molecule has 5 heteroatoms. The predicted octanol–water partition coefficient (Wildman–Crippen LogP) is 6.57. The molecule has 0 fully saturated rings. The maximum absolute atomic E-state index is 13.6.